The van der Waals surface area contributed by atoms with E-state index < -0.39 is 10.0 Å². The van der Waals surface area contributed by atoms with Gasteiger partial charge < -0.3 is 4.90 Å². The van der Waals surface area contributed by atoms with Crippen LogP contribution in [0.3, 0.4) is 0 Å². The van der Waals surface area contributed by atoms with Gasteiger partial charge in [-0.05, 0) is 63.7 Å². The van der Waals surface area contributed by atoms with Crippen molar-refractivity contribution < 1.29 is 17.6 Å². The molecule has 7 heteroatoms. The Morgan fingerprint density at radius 3 is 2.70 bits per heavy atom. The van der Waals surface area contributed by atoms with E-state index in [1.807, 2.05) is 0 Å². The second-order valence-electron chi connectivity index (χ2n) is 5.89. The van der Waals surface area contributed by atoms with Crippen molar-refractivity contribution in [3.05, 3.63) is 35.6 Å². The molecule has 1 aromatic carbocycles. The van der Waals surface area contributed by atoms with E-state index in [0.29, 0.717) is 25.1 Å². The molecule has 1 fully saturated rings. The van der Waals surface area contributed by atoms with Gasteiger partial charge in [-0.15, -0.1) is 0 Å². The fourth-order valence-corrected chi connectivity index (χ4v) is 3.62. The number of carbonyl (C=O) groups excluding carboxylic acids is 1. The van der Waals surface area contributed by atoms with Crippen molar-refractivity contribution >= 4 is 15.8 Å². The Labute approximate surface area is 136 Å². The third kappa shape index (κ3) is 5.37. The molecule has 0 aromatic heterocycles. The zero-order chi connectivity index (χ0) is 16.9. The number of hydrogen-bond donors (Lipinski definition) is 1. The molecular formula is C16H23FN2O3S. The maximum Gasteiger partial charge on any atom is 0.211 e. The zero-order valence-electron chi connectivity index (χ0n) is 13.3. The number of ketones is 1. The van der Waals surface area contributed by atoms with Gasteiger partial charge in [0, 0.05) is 18.0 Å². The number of sulfonamides is 1. The van der Waals surface area contributed by atoms with Crippen molar-refractivity contribution in [1.29, 1.82) is 0 Å². The first kappa shape index (κ1) is 18.0. The van der Waals surface area contributed by atoms with Crippen LogP contribution in [0, 0.1) is 11.7 Å². The van der Waals surface area contributed by atoms with Gasteiger partial charge in [0.05, 0.1) is 5.75 Å². The number of Topliss-reactive ketones (excluding diaryl/α,β-unsaturated/α-hetero) is 1. The first-order valence-electron chi connectivity index (χ1n) is 7.84. The number of halogens is 1. The van der Waals surface area contributed by atoms with Crippen molar-refractivity contribution in [2.24, 2.45) is 5.92 Å². The van der Waals surface area contributed by atoms with Gasteiger partial charge in [-0.3, -0.25) is 4.79 Å². The average Bonchev–Trinajstić information content (AvgIpc) is 2.55. The summed E-state index contributed by atoms with van der Waals surface area (Å²) in [7, 11) is -1.77. The summed E-state index contributed by atoms with van der Waals surface area (Å²) in [4.78, 5) is 14.6. The van der Waals surface area contributed by atoms with E-state index in [0.717, 1.165) is 19.4 Å². The summed E-state index contributed by atoms with van der Waals surface area (Å²) in [6.07, 6.45) is 2.28. The van der Waals surface area contributed by atoms with Gasteiger partial charge in [-0.2, -0.15) is 0 Å². The number of rotatable bonds is 7. The molecule has 1 N–H and O–H groups in total. The van der Waals surface area contributed by atoms with Crippen LogP contribution in [0.25, 0.3) is 0 Å². The molecule has 0 radical (unpaired) electrons. The molecule has 1 heterocycles. The van der Waals surface area contributed by atoms with Gasteiger partial charge >= 0.3 is 0 Å². The van der Waals surface area contributed by atoms with E-state index in [1.165, 1.54) is 31.3 Å². The largest absolute Gasteiger partial charge is 0.303 e. The molecule has 0 saturated carbocycles. The summed E-state index contributed by atoms with van der Waals surface area (Å²) in [5.41, 5.74) is 0.538. The smallest absolute Gasteiger partial charge is 0.211 e. The van der Waals surface area contributed by atoms with Gasteiger partial charge in [0.25, 0.3) is 0 Å². The van der Waals surface area contributed by atoms with E-state index in [1.54, 1.807) is 0 Å². The number of hydrogen-bond acceptors (Lipinski definition) is 4. The first-order valence-corrected chi connectivity index (χ1v) is 9.50. The maximum atomic E-state index is 12.9. The van der Waals surface area contributed by atoms with Gasteiger partial charge in [0.2, 0.25) is 10.0 Å². The Morgan fingerprint density at radius 2 is 2.04 bits per heavy atom. The molecular weight excluding hydrogens is 319 g/mol. The van der Waals surface area contributed by atoms with Gasteiger partial charge in [-0.25, -0.2) is 17.5 Å². The minimum absolute atomic E-state index is 0.0394. The van der Waals surface area contributed by atoms with Crippen molar-refractivity contribution in [1.82, 2.24) is 9.62 Å². The molecule has 128 valence electrons. The highest BCUT2D eigenvalue weighted by atomic mass is 32.2. The van der Waals surface area contributed by atoms with Crippen LogP contribution in [-0.2, 0) is 10.0 Å². The SMILES string of the molecule is CNS(=O)(=O)CCCN1CCC[C@@H](C(=O)c2ccc(F)cc2)C1. The second-order valence-corrected chi connectivity index (χ2v) is 7.93. The quantitative estimate of drug-likeness (QED) is 0.766. The minimum Gasteiger partial charge on any atom is -0.303 e. The molecule has 23 heavy (non-hydrogen) atoms. The summed E-state index contributed by atoms with van der Waals surface area (Å²) in [5.74, 6) is -0.318. The van der Waals surface area contributed by atoms with Crippen molar-refractivity contribution in [3.8, 4) is 0 Å². The van der Waals surface area contributed by atoms with E-state index in [2.05, 4.69) is 9.62 Å². The highest BCUT2D eigenvalue weighted by Gasteiger charge is 2.26. The minimum atomic E-state index is -3.18. The van der Waals surface area contributed by atoms with Crippen molar-refractivity contribution in [3.63, 3.8) is 0 Å². The van der Waals surface area contributed by atoms with Crippen LogP contribution >= 0.6 is 0 Å². The molecule has 2 rings (SSSR count). The summed E-state index contributed by atoms with van der Waals surface area (Å²) in [5, 5.41) is 0. The number of likely N-dealkylation sites (tertiary alicyclic amines) is 1. The molecule has 1 saturated heterocycles. The molecule has 0 aliphatic carbocycles. The zero-order valence-corrected chi connectivity index (χ0v) is 14.1. The Hall–Kier alpha value is -1.31. The Morgan fingerprint density at radius 1 is 1.35 bits per heavy atom. The highest BCUT2D eigenvalue weighted by molar-refractivity contribution is 7.89. The lowest BCUT2D eigenvalue weighted by molar-refractivity contribution is 0.0820. The normalized spacial score (nSPS) is 19.7. The third-order valence-electron chi connectivity index (χ3n) is 4.20. The molecule has 1 aromatic rings. The van der Waals surface area contributed by atoms with E-state index in [4.69, 9.17) is 0 Å². The number of carbonyl (C=O) groups is 1. The molecule has 0 amide bonds. The summed E-state index contributed by atoms with van der Waals surface area (Å²) >= 11 is 0. The van der Waals surface area contributed by atoms with Gasteiger partial charge in [0.15, 0.2) is 5.78 Å². The molecule has 0 unspecified atom stereocenters. The van der Waals surface area contributed by atoms with Gasteiger partial charge in [0.1, 0.15) is 5.82 Å². The van der Waals surface area contributed by atoms with Crippen LogP contribution in [0.5, 0.6) is 0 Å². The number of nitrogens with one attached hydrogen (secondary N) is 1. The highest BCUT2D eigenvalue weighted by Crippen LogP contribution is 2.21. The van der Waals surface area contributed by atoms with E-state index in [9.17, 15) is 17.6 Å². The lowest BCUT2D eigenvalue weighted by Gasteiger charge is -2.32. The van der Waals surface area contributed by atoms with Crippen LogP contribution in [0.2, 0.25) is 0 Å². The second kappa shape index (κ2) is 7.99. The van der Waals surface area contributed by atoms with Crippen LogP contribution in [0.4, 0.5) is 4.39 Å². The summed E-state index contributed by atoms with van der Waals surface area (Å²) < 4.78 is 38.1. The van der Waals surface area contributed by atoms with Crippen LogP contribution in [0.1, 0.15) is 29.6 Å². The first-order chi connectivity index (χ1) is 10.9. The van der Waals surface area contributed by atoms with Gasteiger partial charge in [-0.1, -0.05) is 0 Å². The fourth-order valence-electron chi connectivity index (χ4n) is 2.90. The van der Waals surface area contributed by atoms with Crippen LogP contribution < -0.4 is 4.72 Å². The maximum absolute atomic E-state index is 12.9. The Balaban J connectivity index is 1.88. The molecule has 1 atom stereocenters. The average molecular weight is 342 g/mol. The standard InChI is InChI=1S/C16H23FN2O3S/c1-18-23(21,22)11-3-10-19-9-2-4-14(12-19)16(20)13-5-7-15(17)8-6-13/h5-8,14,18H,2-4,9-12H2,1H3/t14-/m1/s1. The summed E-state index contributed by atoms with van der Waals surface area (Å²) in [6.45, 7) is 2.18. The molecule has 0 bridgehead atoms. The number of piperidine rings is 1. The molecule has 1 aliphatic heterocycles. The fraction of sp³-hybridized carbons (Fsp3) is 0.562. The Bertz CT molecular complexity index is 631. The lowest BCUT2D eigenvalue weighted by Crippen LogP contribution is -2.39. The van der Waals surface area contributed by atoms with Crippen LogP contribution in [0.15, 0.2) is 24.3 Å². The predicted molar refractivity (Wildman–Crippen MR) is 87.4 cm³/mol. The summed E-state index contributed by atoms with van der Waals surface area (Å²) in [6, 6.07) is 5.65. The molecule has 0 spiro atoms. The lowest BCUT2D eigenvalue weighted by atomic mass is 9.90. The number of nitrogens with zero attached hydrogens (tertiary/aromatic N) is 1. The monoisotopic (exact) mass is 342 g/mol. The Kier molecular flexibility index (Phi) is 6.26. The molecule has 1 aliphatic rings. The molecule has 5 nitrogen and oxygen atoms in total. The predicted octanol–water partition coefficient (Wildman–Crippen LogP) is 1.66. The number of benzene rings is 1. The van der Waals surface area contributed by atoms with Crippen LogP contribution in [-0.4, -0.2) is 51.5 Å². The van der Waals surface area contributed by atoms with Crippen molar-refractivity contribution in [2.75, 3.05) is 32.4 Å². The third-order valence-corrected chi connectivity index (χ3v) is 5.65. The van der Waals surface area contributed by atoms with E-state index >= 15 is 0 Å². The topological polar surface area (TPSA) is 66.5 Å². The van der Waals surface area contributed by atoms with Crippen molar-refractivity contribution in [2.45, 2.75) is 19.3 Å². The van der Waals surface area contributed by atoms with E-state index in [-0.39, 0.29) is 23.3 Å².